The minimum absolute atomic E-state index is 0.503. The van der Waals surface area contributed by atoms with Gasteiger partial charge < -0.3 is 15.6 Å². The first kappa shape index (κ1) is 7.93. The third-order valence-electron chi connectivity index (χ3n) is 2.00. The normalized spacial score (nSPS) is 31.7. The van der Waals surface area contributed by atoms with E-state index in [1.54, 1.807) is 0 Å². The molecule has 0 aromatic heterocycles. The number of carboxylic acids is 1. The fourth-order valence-corrected chi connectivity index (χ4v) is 1.28. The van der Waals surface area contributed by atoms with Crippen LogP contribution >= 0.6 is 0 Å². The summed E-state index contributed by atoms with van der Waals surface area (Å²) < 4.78 is 4.67. The van der Waals surface area contributed by atoms with Crippen molar-refractivity contribution in [2.75, 3.05) is 0 Å². The van der Waals surface area contributed by atoms with Crippen LogP contribution in [0.4, 0.5) is 0 Å². The number of aliphatic carboxylic acids is 1. The number of hydrogen-bond donors (Lipinski definition) is 2. The van der Waals surface area contributed by atoms with Gasteiger partial charge in [-0.15, -0.1) is 0 Å². The molecule has 0 aromatic rings. The van der Waals surface area contributed by atoms with Crippen molar-refractivity contribution in [2.24, 2.45) is 5.73 Å². The molecule has 0 amide bonds. The van der Waals surface area contributed by atoms with Gasteiger partial charge in [-0.2, -0.15) is 0 Å². The maximum atomic E-state index is 11.2. The van der Waals surface area contributed by atoms with Gasteiger partial charge in [-0.25, -0.2) is 4.79 Å². The van der Waals surface area contributed by atoms with E-state index in [2.05, 4.69) is 4.74 Å². The molecule has 1 aliphatic carbocycles. The van der Waals surface area contributed by atoms with Gasteiger partial charge in [0.1, 0.15) is 5.57 Å². The molecule has 2 aliphatic rings. The molecule has 0 unspecified atom stereocenters. The number of ether oxygens (including phenoxy) is 1. The summed E-state index contributed by atoms with van der Waals surface area (Å²) in [6.07, 6.45) is -1.75. The Morgan fingerprint density at radius 1 is 1.31 bits per heavy atom. The monoisotopic (exact) mass is 183 g/mol. The van der Waals surface area contributed by atoms with Crippen molar-refractivity contribution in [1.82, 2.24) is 0 Å². The van der Waals surface area contributed by atoms with E-state index < -0.39 is 41.0 Å². The van der Waals surface area contributed by atoms with E-state index >= 15 is 0 Å². The van der Waals surface area contributed by atoms with Crippen LogP contribution in [0, 0.1) is 0 Å². The number of nitrogens with two attached hydrogens (primary N) is 1. The first-order valence-electron chi connectivity index (χ1n) is 3.51. The number of hydrogen-bond acceptors (Lipinski definition) is 5. The zero-order chi connectivity index (χ0) is 9.75. The molecule has 6 nitrogen and oxygen atoms in total. The number of fused-ring (bicyclic) bond motifs is 1. The number of rotatable bonds is 1. The molecule has 3 N–H and O–H groups in total. The van der Waals surface area contributed by atoms with E-state index in [4.69, 9.17) is 10.8 Å². The molecule has 1 fully saturated rings. The van der Waals surface area contributed by atoms with E-state index in [-0.39, 0.29) is 0 Å². The van der Waals surface area contributed by atoms with Gasteiger partial charge in [0.15, 0.2) is 12.2 Å². The molecule has 2 rings (SSSR count). The van der Waals surface area contributed by atoms with E-state index in [1.807, 2.05) is 0 Å². The number of epoxide rings is 1. The highest BCUT2D eigenvalue weighted by molar-refractivity contribution is 6.29. The van der Waals surface area contributed by atoms with Gasteiger partial charge in [-0.3, -0.25) is 9.59 Å². The zero-order valence-corrected chi connectivity index (χ0v) is 6.31. The maximum Gasteiger partial charge on any atom is 0.341 e. The van der Waals surface area contributed by atoms with Gasteiger partial charge in [-0.1, -0.05) is 0 Å². The molecule has 0 aromatic carbocycles. The van der Waals surface area contributed by atoms with Gasteiger partial charge in [-0.05, 0) is 0 Å². The molecule has 1 aliphatic heterocycles. The van der Waals surface area contributed by atoms with Crippen molar-refractivity contribution in [3.05, 3.63) is 11.3 Å². The van der Waals surface area contributed by atoms with Crippen LogP contribution in [-0.2, 0) is 19.1 Å². The molecular weight excluding hydrogens is 178 g/mol. The van der Waals surface area contributed by atoms with Crippen LogP contribution in [0.5, 0.6) is 0 Å². The summed E-state index contributed by atoms with van der Waals surface area (Å²) in [7, 11) is 0. The van der Waals surface area contributed by atoms with Crippen LogP contribution in [0.3, 0.4) is 0 Å². The van der Waals surface area contributed by atoms with Crippen molar-refractivity contribution < 1.29 is 24.2 Å². The molecule has 6 heteroatoms. The van der Waals surface area contributed by atoms with Crippen LogP contribution < -0.4 is 5.73 Å². The molecule has 0 spiro atoms. The second-order valence-corrected chi connectivity index (χ2v) is 2.80. The SMILES string of the molecule is NC1=C(C(=O)O)C(=O)[C@H]2O[C@H]2C1=O. The van der Waals surface area contributed by atoms with Gasteiger partial charge in [0, 0.05) is 0 Å². The average molecular weight is 183 g/mol. The van der Waals surface area contributed by atoms with Crippen molar-refractivity contribution in [3.63, 3.8) is 0 Å². The van der Waals surface area contributed by atoms with E-state index in [1.165, 1.54) is 0 Å². The molecule has 1 saturated heterocycles. The smallest absolute Gasteiger partial charge is 0.341 e. The molecule has 1 heterocycles. The number of ketones is 2. The quantitative estimate of drug-likeness (QED) is 0.366. The highest BCUT2D eigenvalue weighted by Crippen LogP contribution is 2.33. The molecule has 0 saturated carbocycles. The summed E-state index contributed by atoms with van der Waals surface area (Å²) in [4.78, 5) is 32.8. The van der Waals surface area contributed by atoms with Crippen molar-refractivity contribution in [1.29, 1.82) is 0 Å². The molecule has 0 radical (unpaired) electrons. The number of carbonyl (C=O) groups excluding carboxylic acids is 2. The Labute approximate surface area is 72.0 Å². The summed E-state index contributed by atoms with van der Waals surface area (Å²) in [5, 5.41) is 8.57. The molecule has 13 heavy (non-hydrogen) atoms. The lowest BCUT2D eigenvalue weighted by atomic mass is 9.94. The van der Waals surface area contributed by atoms with Crippen LogP contribution in [0.25, 0.3) is 0 Å². The van der Waals surface area contributed by atoms with Gasteiger partial charge in [0.05, 0.1) is 5.70 Å². The van der Waals surface area contributed by atoms with E-state index in [9.17, 15) is 14.4 Å². The van der Waals surface area contributed by atoms with E-state index in [0.29, 0.717) is 0 Å². The van der Waals surface area contributed by atoms with Crippen molar-refractivity contribution in [2.45, 2.75) is 12.2 Å². The lowest BCUT2D eigenvalue weighted by molar-refractivity contribution is -0.135. The summed E-state index contributed by atoms with van der Waals surface area (Å²) in [5.74, 6) is -2.80. The Hall–Kier alpha value is -1.69. The Morgan fingerprint density at radius 3 is 2.38 bits per heavy atom. The number of Topliss-reactive ketones (excluding diaryl/α,β-unsaturated/α-hetero) is 2. The number of carboxylic acid groups (broad SMARTS) is 1. The number of carbonyl (C=O) groups is 3. The minimum Gasteiger partial charge on any atom is -0.477 e. The fraction of sp³-hybridized carbons (Fsp3) is 0.286. The third-order valence-corrected chi connectivity index (χ3v) is 2.00. The second kappa shape index (κ2) is 2.17. The first-order chi connectivity index (χ1) is 6.04. The first-order valence-corrected chi connectivity index (χ1v) is 3.51. The molecule has 2 atom stereocenters. The summed E-state index contributed by atoms with van der Waals surface area (Å²) in [5.41, 5.74) is 4.03. The van der Waals surface area contributed by atoms with Gasteiger partial charge in [0.2, 0.25) is 11.6 Å². The topological polar surface area (TPSA) is 110 Å². The standard InChI is InChI=1S/C7H5NO5/c8-2-1(7(11)12)3(9)5-6(13-5)4(2)10/h5-6H,8H2,(H,11,12)/t5-,6+/m1/s1. The zero-order valence-electron chi connectivity index (χ0n) is 6.31. The second-order valence-electron chi connectivity index (χ2n) is 2.80. The third kappa shape index (κ3) is 0.888. The molecular formula is C7H5NO5. The van der Waals surface area contributed by atoms with Crippen LogP contribution in [-0.4, -0.2) is 34.9 Å². The van der Waals surface area contributed by atoms with Crippen LogP contribution in [0.15, 0.2) is 11.3 Å². The summed E-state index contributed by atoms with van der Waals surface area (Å²) in [6.45, 7) is 0. The van der Waals surface area contributed by atoms with Crippen molar-refractivity contribution >= 4 is 17.5 Å². The predicted octanol–water partition coefficient (Wildman–Crippen LogP) is -1.80. The Bertz CT molecular complexity index is 369. The van der Waals surface area contributed by atoms with Crippen LogP contribution in [0.1, 0.15) is 0 Å². The fourth-order valence-electron chi connectivity index (χ4n) is 1.28. The van der Waals surface area contributed by atoms with Gasteiger partial charge in [0.25, 0.3) is 0 Å². The Kier molecular flexibility index (Phi) is 1.32. The molecule has 68 valence electrons. The highest BCUT2D eigenvalue weighted by atomic mass is 16.6. The van der Waals surface area contributed by atoms with E-state index in [0.717, 1.165) is 0 Å². The largest absolute Gasteiger partial charge is 0.477 e. The van der Waals surface area contributed by atoms with Crippen LogP contribution in [0.2, 0.25) is 0 Å². The lowest BCUT2D eigenvalue weighted by Gasteiger charge is -2.07. The average Bonchev–Trinajstić information content (AvgIpc) is 2.79. The summed E-state index contributed by atoms with van der Waals surface area (Å²) >= 11 is 0. The summed E-state index contributed by atoms with van der Waals surface area (Å²) in [6, 6.07) is 0. The molecule has 0 bridgehead atoms. The van der Waals surface area contributed by atoms with Crippen molar-refractivity contribution in [3.8, 4) is 0 Å². The van der Waals surface area contributed by atoms with Gasteiger partial charge >= 0.3 is 5.97 Å². The Morgan fingerprint density at radius 2 is 1.85 bits per heavy atom. The lowest BCUT2D eigenvalue weighted by Crippen LogP contribution is -2.34. The Balaban J connectivity index is 2.51. The predicted molar refractivity (Wildman–Crippen MR) is 37.5 cm³/mol. The minimum atomic E-state index is -1.48. The highest BCUT2D eigenvalue weighted by Gasteiger charge is 2.57. The maximum absolute atomic E-state index is 11.2.